The van der Waals surface area contributed by atoms with Crippen molar-refractivity contribution < 1.29 is 14.0 Å². The van der Waals surface area contributed by atoms with Gasteiger partial charge >= 0.3 is 6.03 Å². The van der Waals surface area contributed by atoms with Gasteiger partial charge in [0.2, 0.25) is 0 Å². The van der Waals surface area contributed by atoms with Crippen LogP contribution < -0.4 is 10.6 Å². The standard InChI is InChI=1S/C23H24FN5O2/c1-2-21-20(14-25-29(21)19-10-8-16(24)9-11-19)22(30)26-18-12-13-28(15-18)23(31)27-17-6-4-3-5-7-17/h3-11,14,18H,2,12-13,15H2,1H3,(H,26,30)(H,27,31)/t18-/m1/s1. The molecule has 8 heteroatoms. The first-order valence-corrected chi connectivity index (χ1v) is 10.3. The van der Waals surface area contributed by atoms with Crippen LogP contribution in [0.5, 0.6) is 0 Å². The number of aromatic nitrogens is 2. The quantitative estimate of drug-likeness (QED) is 0.661. The van der Waals surface area contributed by atoms with Crippen LogP contribution >= 0.6 is 0 Å². The first-order valence-electron chi connectivity index (χ1n) is 10.3. The Kier molecular flexibility index (Phi) is 5.97. The van der Waals surface area contributed by atoms with Gasteiger partial charge in [0.1, 0.15) is 5.82 Å². The van der Waals surface area contributed by atoms with Gasteiger partial charge in [-0.1, -0.05) is 25.1 Å². The maximum absolute atomic E-state index is 13.2. The highest BCUT2D eigenvalue weighted by atomic mass is 19.1. The molecule has 1 atom stereocenters. The van der Waals surface area contributed by atoms with Gasteiger partial charge in [-0.25, -0.2) is 13.9 Å². The van der Waals surface area contributed by atoms with Crippen molar-refractivity contribution in [3.05, 3.63) is 77.9 Å². The van der Waals surface area contributed by atoms with E-state index in [2.05, 4.69) is 15.7 Å². The van der Waals surface area contributed by atoms with E-state index in [0.717, 1.165) is 11.4 Å². The molecule has 3 amide bonds. The summed E-state index contributed by atoms with van der Waals surface area (Å²) in [6.45, 7) is 2.95. The molecule has 1 aliphatic rings. The molecular weight excluding hydrogens is 397 g/mol. The topological polar surface area (TPSA) is 79.3 Å². The number of halogens is 1. The number of rotatable bonds is 5. The van der Waals surface area contributed by atoms with Crippen molar-refractivity contribution in [1.82, 2.24) is 20.0 Å². The normalized spacial score (nSPS) is 15.7. The summed E-state index contributed by atoms with van der Waals surface area (Å²) in [7, 11) is 0. The zero-order valence-electron chi connectivity index (χ0n) is 17.2. The number of carbonyl (C=O) groups is 2. The molecule has 0 saturated carbocycles. The third kappa shape index (κ3) is 4.58. The molecule has 2 N–H and O–H groups in total. The molecule has 2 aromatic carbocycles. The lowest BCUT2D eigenvalue weighted by Gasteiger charge is -2.18. The van der Waals surface area contributed by atoms with E-state index >= 15 is 0 Å². The molecule has 1 aromatic heterocycles. The summed E-state index contributed by atoms with van der Waals surface area (Å²) in [4.78, 5) is 27.1. The Morgan fingerprint density at radius 1 is 1.13 bits per heavy atom. The third-order valence-electron chi connectivity index (χ3n) is 5.36. The van der Waals surface area contributed by atoms with Gasteiger partial charge in [-0.2, -0.15) is 5.10 Å². The van der Waals surface area contributed by atoms with Crippen LogP contribution in [-0.4, -0.2) is 45.8 Å². The Bertz CT molecular complexity index is 1070. The minimum atomic E-state index is -0.325. The summed E-state index contributed by atoms with van der Waals surface area (Å²) in [6, 6.07) is 14.9. The number of nitrogens with one attached hydrogen (secondary N) is 2. The highest BCUT2D eigenvalue weighted by molar-refractivity contribution is 5.95. The Morgan fingerprint density at radius 3 is 2.58 bits per heavy atom. The second-order valence-electron chi connectivity index (χ2n) is 7.45. The minimum absolute atomic E-state index is 0.132. The van der Waals surface area contributed by atoms with Gasteiger partial charge in [-0.3, -0.25) is 4.79 Å². The van der Waals surface area contributed by atoms with Crippen molar-refractivity contribution in [1.29, 1.82) is 0 Å². The zero-order chi connectivity index (χ0) is 21.8. The molecule has 3 aromatic rings. The molecule has 0 unspecified atom stereocenters. The molecule has 1 aliphatic heterocycles. The SMILES string of the molecule is CCc1c(C(=O)N[C@@H]2CCN(C(=O)Nc3ccccc3)C2)cnn1-c1ccc(F)cc1. The van der Waals surface area contributed by atoms with E-state index < -0.39 is 0 Å². The average molecular weight is 421 g/mol. The Hall–Kier alpha value is -3.68. The number of hydrogen-bond acceptors (Lipinski definition) is 3. The van der Waals surface area contributed by atoms with Crippen LogP contribution in [0.25, 0.3) is 5.69 Å². The number of amides is 3. The molecule has 160 valence electrons. The van der Waals surface area contributed by atoms with Crippen molar-refractivity contribution >= 4 is 17.6 Å². The van der Waals surface area contributed by atoms with E-state index in [4.69, 9.17) is 0 Å². The summed E-state index contributed by atoms with van der Waals surface area (Å²) >= 11 is 0. The van der Waals surface area contributed by atoms with Crippen molar-refractivity contribution in [2.24, 2.45) is 0 Å². The fourth-order valence-corrected chi connectivity index (χ4v) is 3.76. The van der Waals surface area contributed by atoms with Crippen molar-refractivity contribution in [3.63, 3.8) is 0 Å². The third-order valence-corrected chi connectivity index (χ3v) is 5.36. The molecule has 0 radical (unpaired) electrons. The van der Waals surface area contributed by atoms with E-state index in [0.29, 0.717) is 37.2 Å². The molecule has 7 nitrogen and oxygen atoms in total. The van der Waals surface area contributed by atoms with Crippen molar-refractivity contribution in [2.75, 3.05) is 18.4 Å². The van der Waals surface area contributed by atoms with Crippen LogP contribution in [0.3, 0.4) is 0 Å². The Labute approximate surface area is 179 Å². The Morgan fingerprint density at radius 2 is 1.87 bits per heavy atom. The van der Waals surface area contributed by atoms with Gasteiger partial charge < -0.3 is 15.5 Å². The first kappa shape index (κ1) is 20.6. The van der Waals surface area contributed by atoms with E-state index in [-0.39, 0.29) is 23.8 Å². The van der Waals surface area contributed by atoms with Gasteiger partial charge in [0, 0.05) is 24.8 Å². The minimum Gasteiger partial charge on any atom is -0.347 e. The second-order valence-corrected chi connectivity index (χ2v) is 7.45. The number of para-hydroxylation sites is 1. The molecule has 0 bridgehead atoms. The average Bonchev–Trinajstić information content (AvgIpc) is 3.42. The van der Waals surface area contributed by atoms with Crippen LogP contribution in [0.1, 0.15) is 29.4 Å². The smallest absolute Gasteiger partial charge is 0.321 e. The fraction of sp³-hybridized carbons (Fsp3) is 0.261. The van der Waals surface area contributed by atoms with E-state index in [9.17, 15) is 14.0 Å². The lowest BCUT2D eigenvalue weighted by atomic mass is 10.1. The summed E-state index contributed by atoms with van der Waals surface area (Å²) < 4.78 is 14.9. The first-order chi connectivity index (χ1) is 15.0. The van der Waals surface area contributed by atoms with Crippen molar-refractivity contribution in [3.8, 4) is 5.69 Å². The number of likely N-dealkylation sites (tertiary alicyclic amines) is 1. The maximum Gasteiger partial charge on any atom is 0.321 e. The monoisotopic (exact) mass is 421 g/mol. The van der Waals surface area contributed by atoms with Crippen LogP contribution in [0.4, 0.5) is 14.9 Å². The molecule has 31 heavy (non-hydrogen) atoms. The number of carbonyl (C=O) groups excluding carboxylic acids is 2. The highest BCUT2D eigenvalue weighted by Crippen LogP contribution is 2.18. The number of urea groups is 1. The summed E-state index contributed by atoms with van der Waals surface area (Å²) in [5.74, 6) is -0.547. The predicted octanol–water partition coefficient (Wildman–Crippen LogP) is 3.61. The number of hydrogen-bond donors (Lipinski definition) is 2. The van der Waals surface area contributed by atoms with Crippen LogP contribution in [0.2, 0.25) is 0 Å². The van der Waals surface area contributed by atoms with E-state index in [1.807, 2.05) is 37.3 Å². The van der Waals surface area contributed by atoms with Gasteiger partial charge in [-0.15, -0.1) is 0 Å². The zero-order valence-corrected chi connectivity index (χ0v) is 17.2. The highest BCUT2D eigenvalue weighted by Gasteiger charge is 2.28. The molecule has 0 spiro atoms. The van der Waals surface area contributed by atoms with Gasteiger partial charge in [-0.05, 0) is 49.2 Å². The second kappa shape index (κ2) is 8.99. The van der Waals surface area contributed by atoms with Crippen molar-refractivity contribution in [2.45, 2.75) is 25.8 Å². The van der Waals surface area contributed by atoms with Crippen LogP contribution in [-0.2, 0) is 6.42 Å². The Balaban J connectivity index is 1.40. The largest absolute Gasteiger partial charge is 0.347 e. The fourth-order valence-electron chi connectivity index (χ4n) is 3.76. The molecule has 4 rings (SSSR count). The molecular formula is C23H24FN5O2. The summed E-state index contributed by atoms with van der Waals surface area (Å²) in [6.07, 6.45) is 2.81. The number of nitrogens with zero attached hydrogens (tertiary/aromatic N) is 3. The van der Waals surface area contributed by atoms with Gasteiger partial charge in [0.15, 0.2) is 0 Å². The maximum atomic E-state index is 13.2. The van der Waals surface area contributed by atoms with Gasteiger partial charge in [0.25, 0.3) is 5.91 Å². The lowest BCUT2D eigenvalue weighted by Crippen LogP contribution is -2.39. The number of benzene rings is 2. The predicted molar refractivity (Wildman–Crippen MR) is 116 cm³/mol. The number of anilines is 1. The molecule has 0 aliphatic carbocycles. The van der Waals surface area contributed by atoms with E-state index in [1.54, 1.807) is 21.7 Å². The summed E-state index contributed by atoms with van der Waals surface area (Å²) in [5.41, 5.74) is 2.67. The lowest BCUT2D eigenvalue weighted by molar-refractivity contribution is 0.0937. The van der Waals surface area contributed by atoms with Crippen LogP contribution in [0.15, 0.2) is 60.8 Å². The summed E-state index contributed by atoms with van der Waals surface area (Å²) in [5, 5.41) is 10.2. The van der Waals surface area contributed by atoms with Crippen LogP contribution in [0, 0.1) is 5.82 Å². The molecule has 1 fully saturated rings. The molecule has 2 heterocycles. The molecule has 1 saturated heterocycles. The van der Waals surface area contributed by atoms with E-state index in [1.165, 1.54) is 18.3 Å². The van der Waals surface area contributed by atoms with Gasteiger partial charge in [0.05, 0.1) is 23.1 Å².